The van der Waals surface area contributed by atoms with Gasteiger partial charge in [0.1, 0.15) is 0 Å². The summed E-state index contributed by atoms with van der Waals surface area (Å²) in [6, 6.07) is 2.07. The minimum Gasteiger partial charge on any atom is -0.341 e. The first-order chi connectivity index (χ1) is 8.15. The molecule has 4 heteroatoms. The largest absolute Gasteiger partial charge is 0.341 e. The van der Waals surface area contributed by atoms with Crippen molar-refractivity contribution < 1.29 is 4.79 Å². The van der Waals surface area contributed by atoms with E-state index in [9.17, 15) is 4.79 Å². The number of hydrogen-bond acceptors (Lipinski definition) is 2. The van der Waals surface area contributed by atoms with Crippen LogP contribution in [0.25, 0.3) is 0 Å². The highest BCUT2D eigenvalue weighted by Crippen LogP contribution is 2.23. The molecule has 0 saturated heterocycles. The van der Waals surface area contributed by atoms with Gasteiger partial charge in [-0.3, -0.25) is 4.79 Å². The predicted octanol–water partition coefficient (Wildman–Crippen LogP) is 3.83. The summed E-state index contributed by atoms with van der Waals surface area (Å²) in [5.41, 5.74) is 0. The van der Waals surface area contributed by atoms with Crippen molar-refractivity contribution in [2.24, 2.45) is 5.92 Å². The molecule has 0 aliphatic heterocycles. The summed E-state index contributed by atoms with van der Waals surface area (Å²) in [6.07, 6.45) is 7.25. The molecule has 0 bridgehead atoms. The highest BCUT2D eigenvalue weighted by atomic mass is 79.9. The smallest absolute Gasteiger partial charge is 0.223 e. The van der Waals surface area contributed by atoms with Gasteiger partial charge in [-0.2, -0.15) is 0 Å². The van der Waals surface area contributed by atoms with Gasteiger partial charge < -0.3 is 4.90 Å². The minimum absolute atomic E-state index is 0.242. The Morgan fingerprint density at radius 2 is 2.47 bits per heavy atom. The van der Waals surface area contributed by atoms with E-state index in [1.54, 1.807) is 11.3 Å². The molecule has 1 aliphatic rings. The number of thiophene rings is 1. The van der Waals surface area contributed by atoms with Crippen LogP contribution in [0.1, 0.15) is 24.1 Å². The number of allylic oxidation sites excluding steroid dienone is 2. The highest BCUT2D eigenvalue weighted by Gasteiger charge is 2.17. The van der Waals surface area contributed by atoms with Gasteiger partial charge in [0, 0.05) is 28.2 Å². The van der Waals surface area contributed by atoms with Crippen LogP contribution in [-0.2, 0) is 11.3 Å². The van der Waals surface area contributed by atoms with Crippen molar-refractivity contribution in [2.45, 2.75) is 25.8 Å². The van der Waals surface area contributed by atoms with E-state index in [4.69, 9.17) is 0 Å². The zero-order valence-electron chi connectivity index (χ0n) is 9.86. The van der Waals surface area contributed by atoms with Crippen molar-refractivity contribution >= 4 is 33.2 Å². The quantitative estimate of drug-likeness (QED) is 0.774. The summed E-state index contributed by atoms with van der Waals surface area (Å²) >= 11 is 5.11. The van der Waals surface area contributed by atoms with Gasteiger partial charge in [0.2, 0.25) is 5.91 Å². The van der Waals surface area contributed by atoms with E-state index in [0.29, 0.717) is 18.9 Å². The van der Waals surface area contributed by atoms with Crippen LogP contribution in [0.2, 0.25) is 0 Å². The maximum absolute atomic E-state index is 12.0. The number of halogens is 1. The molecule has 1 aliphatic carbocycles. The van der Waals surface area contributed by atoms with E-state index in [2.05, 4.69) is 34.1 Å². The Labute approximate surface area is 114 Å². The van der Waals surface area contributed by atoms with Crippen molar-refractivity contribution in [3.05, 3.63) is 32.9 Å². The van der Waals surface area contributed by atoms with Gasteiger partial charge in [0.15, 0.2) is 0 Å². The lowest BCUT2D eigenvalue weighted by molar-refractivity contribution is -0.131. The first-order valence-corrected chi connectivity index (χ1v) is 7.46. The van der Waals surface area contributed by atoms with Crippen LogP contribution in [-0.4, -0.2) is 17.9 Å². The molecule has 0 saturated carbocycles. The second-order valence-corrected chi connectivity index (χ2v) is 6.36. The van der Waals surface area contributed by atoms with Gasteiger partial charge in [-0.15, -0.1) is 11.3 Å². The molecule has 0 N–H and O–H groups in total. The van der Waals surface area contributed by atoms with E-state index >= 15 is 0 Å². The number of hydrogen-bond donors (Lipinski definition) is 0. The van der Waals surface area contributed by atoms with Crippen molar-refractivity contribution in [1.82, 2.24) is 4.90 Å². The monoisotopic (exact) mass is 313 g/mol. The second-order valence-electron chi connectivity index (χ2n) is 4.45. The lowest BCUT2D eigenvalue weighted by Gasteiger charge is -2.18. The van der Waals surface area contributed by atoms with Gasteiger partial charge in [-0.1, -0.05) is 12.2 Å². The van der Waals surface area contributed by atoms with E-state index in [0.717, 1.165) is 17.3 Å². The third kappa shape index (κ3) is 3.68. The molecule has 1 atom stereocenters. The summed E-state index contributed by atoms with van der Waals surface area (Å²) in [5, 5.41) is 2.05. The van der Waals surface area contributed by atoms with Gasteiger partial charge in [0.05, 0.1) is 6.54 Å². The predicted molar refractivity (Wildman–Crippen MR) is 75.0 cm³/mol. The Morgan fingerprint density at radius 1 is 1.65 bits per heavy atom. The molecule has 1 unspecified atom stereocenters. The zero-order chi connectivity index (χ0) is 12.3. The molecule has 0 spiro atoms. The summed E-state index contributed by atoms with van der Waals surface area (Å²) < 4.78 is 1.09. The average molecular weight is 314 g/mol. The number of carbonyl (C=O) groups is 1. The maximum atomic E-state index is 12.0. The van der Waals surface area contributed by atoms with E-state index in [1.165, 1.54) is 4.88 Å². The van der Waals surface area contributed by atoms with Crippen LogP contribution in [0, 0.1) is 5.92 Å². The third-order valence-corrected chi connectivity index (χ3v) is 4.67. The lowest BCUT2D eigenvalue weighted by Crippen LogP contribution is -2.27. The summed E-state index contributed by atoms with van der Waals surface area (Å²) in [4.78, 5) is 15.0. The van der Waals surface area contributed by atoms with E-state index in [1.807, 2.05) is 17.3 Å². The van der Waals surface area contributed by atoms with Gasteiger partial charge >= 0.3 is 0 Å². The molecule has 0 aromatic carbocycles. The topological polar surface area (TPSA) is 20.3 Å². The fourth-order valence-corrected chi connectivity index (χ4v) is 3.51. The molecule has 0 radical (unpaired) electrons. The van der Waals surface area contributed by atoms with Crippen LogP contribution >= 0.6 is 27.3 Å². The maximum Gasteiger partial charge on any atom is 0.223 e. The Balaban J connectivity index is 1.84. The van der Waals surface area contributed by atoms with Crippen molar-refractivity contribution in [3.63, 3.8) is 0 Å². The molecule has 1 heterocycles. The van der Waals surface area contributed by atoms with Crippen LogP contribution in [0.5, 0.6) is 0 Å². The lowest BCUT2D eigenvalue weighted by atomic mass is 10.0. The van der Waals surface area contributed by atoms with Crippen molar-refractivity contribution in [3.8, 4) is 0 Å². The molecule has 17 heavy (non-hydrogen) atoms. The highest BCUT2D eigenvalue weighted by molar-refractivity contribution is 9.10. The van der Waals surface area contributed by atoms with Crippen LogP contribution in [0.4, 0.5) is 0 Å². The fourth-order valence-electron chi connectivity index (χ4n) is 2.00. The first kappa shape index (κ1) is 12.8. The Hall–Kier alpha value is -0.610. The number of amides is 1. The molecule has 92 valence electrons. The summed E-state index contributed by atoms with van der Waals surface area (Å²) in [5.74, 6) is 0.700. The van der Waals surface area contributed by atoms with Crippen LogP contribution in [0.3, 0.4) is 0 Å². The van der Waals surface area contributed by atoms with Crippen LogP contribution in [0.15, 0.2) is 28.1 Å². The summed E-state index contributed by atoms with van der Waals surface area (Å²) in [7, 11) is 1.88. The standard InChI is InChI=1S/C13H16BrNOS/c1-15(8-12-7-11(14)9-17-12)13(16)6-10-4-2-3-5-10/h2,4,7,9-10H,3,5-6,8H2,1H3. The fraction of sp³-hybridized carbons (Fsp3) is 0.462. The first-order valence-electron chi connectivity index (χ1n) is 5.78. The molecule has 2 nitrogen and oxygen atoms in total. The molecule has 1 aromatic rings. The molecule has 2 rings (SSSR count). The SMILES string of the molecule is CN(Cc1cc(Br)cs1)C(=O)CC1C=CCC1. The van der Waals surface area contributed by atoms with Crippen LogP contribution < -0.4 is 0 Å². The normalized spacial score (nSPS) is 18.6. The molecular weight excluding hydrogens is 298 g/mol. The van der Waals surface area contributed by atoms with E-state index < -0.39 is 0 Å². The average Bonchev–Trinajstić information content (AvgIpc) is 2.90. The van der Waals surface area contributed by atoms with Gasteiger partial charge in [0.25, 0.3) is 0 Å². The zero-order valence-corrected chi connectivity index (χ0v) is 12.3. The Bertz CT molecular complexity index is 427. The van der Waals surface area contributed by atoms with Gasteiger partial charge in [-0.05, 0) is 40.8 Å². The number of rotatable bonds is 4. The van der Waals surface area contributed by atoms with Crippen molar-refractivity contribution in [1.29, 1.82) is 0 Å². The molecule has 0 fully saturated rings. The Morgan fingerprint density at radius 3 is 3.06 bits per heavy atom. The summed E-state index contributed by atoms with van der Waals surface area (Å²) in [6.45, 7) is 0.714. The number of carbonyl (C=O) groups excluding carboxylic acids is 1. The number of nitrogens with zero attached hydrogens (tertiary/aromatic N) is 1. The molecule has 1 aromatic heterocycles. The molecule has 1 amide bonds. The Kier molecular flexibility index (Phi) is 4.40. The van der Waals surface area contributed by atoms with E-state index in [-0.39, 0.29) is 5.91 Å². The van der Waals surface area contributed by atoms with Gasteiger partial charge in [-0.25, -0.2) is 0 Å². The second kappa shape index (κ2) is 5.83. The van der Waals surface area contributed by atoms with Crippen molar-refractivity contribution in [2.75, 3.05) is 7.05 Å². The minimum atomic E-state index is 0.242. The third-order valence-electron chi connectivity index (χ3n) is 2.99. The molecular formula is C13H16BrNOS.